The molecule has 1 aromatic rings. The van der Waals surface area contributed by atoms with Crippen LogP contribution >= 0.6 is 0 Å². The molecule has 0 saturated heterocycles. The molecular weight excluding hydrogens is 144 g/mol. The summed E-state index contributed by atoms with van der Waals surface area (Å²) >= 11 is 0. The third kappa shape index (κ3) is 1.62. The molecule has 0 spiro atoms. The highest BCUT2D eigenvalue weighted by Gasteiger charge is 1.97. The first-order chi connectivity index (χ1) is 5.26. The van der Waals surface area contributed by atoms with E-state index in [0.29, 0.717) is 5.82 Å². The van der Waals surface area contributed by atoms with Gasteiger partial charge >= 0.3 is 0 Å². The monoisotopic (exact) mass is 152 g/mol. The van der Waals surface area contributed by atoms with Gasteiger partial charge in [0.05, 0.1) is 0 Å². The zero-order chi connectivity index (χ0) is 8.27. The van der Waals surface area contributed by atoms with Crippen molar-refractivity contribution in [2.75, 3.05) is 11.2 Å². The summed E-state index contributed by atoms with van der Waals surface area (Å²) in [4.78, 5) is 11.2. The fraction of sp³-hybridized carbons (Fsp3) is 0. The van der Waals surface area contributed by atoms with Gasteiger partial charge in [-0.3, -0.25) is 5.43 Å². The Morgan fingerprint density at radius 1 is 1.36 bits per heavy atom. The van der Waals surface area contributed by atoms with Crippen LogP contribution in [0.5, 0.6) is 0 Å². The minimum atomic E-state index is 0.114. The van der Waals surface area contributed by atoms with Crippen molar-refractivity contribution in [3.05, 3.63) is 12.4 Å². The van der Waals surface area contributed by atoms with E-state index in [1.807, 2.05) is 0 Å². The molecule has 5 N–H and O–H groups in total. The summed E-state index contributed by atoms with van der Waals surface area (Å²) in [5.41, 5.74) is 7.56. The molecule has 58 valence electrons. The van der Waals surface area contributed by atoms with Gasteiger partial charge in [-0.2, -0.15) is 15.0 Å². The van der Waals surface area contributed by atoms with Crippen molar-refractivity contribution in [1.29, 1.82) is 0 Å². The van der Waals surface area contributed by atoms with Crippen LogP contribution < -0.4 is 17.0 Å². The summed E-state index contributed by atoms with van der Waals surface area (Å²) in [5, 5.41) is 0. The Morgan fingerprint density at radius 3 is 2.64 bits per heavy atom. The highest BCUT2D eigenvalue weighted by atomic mass is 15.3. The number of anilines is 2. The number of nitrogens with two attached hydrogens (primary N) is 2. The fourth-order valence-corrected chi connectivity index (χ4v) is 0.565. The fourth-order valence-electron chi connectivity index (χ4n) is 0.565. The van der Waals surface area contributed by atoms with Crippen LogP contribution in [0.25, 0.3) is 6.08 Å². The van der Waals surface area contributed by atoms with Gasteiger partial charge in [0.25, 0.3) is 0 Å². The third-order valence-corrected chi connectivity index (χ3v) is 0.982. The molecule has 1 heterocycles. The first kappa shape index (κ1) is 7.42. The Morgan fingerprint density at radius 2 is 2.09 bits per heavy atom. The van der Waals surface area contributed by atoms with Gasteiger partial charge in [0.15, 0.2) is 5.82 Å². The Balaban J connectivity index is 3.11. The third-order valence-electron chi connectivity index (χ3n) is 0.982. The Kier molecular flexibility index (Phi) is 1.98. The van der Waals surface area contributed by atoms with Crippen molar-refractivity contribution >= 4 is 18.0 Å². The van der Waals surface area contributed by atoms with E-state index in [0.717, 1.165) is 0 Å². The molecule has 1 aromatic heterocycles. The van der Waals surface area contributed by atoms with E-state index in [1.54, 1.807) is 0 Å². The van der Waals surface area contributed by atoms with E-state index >= 15 is 0 Å². The number of nitrogens with zero attached hydrogens (tertiary/aromatic N) is 3. The molecule has 0 unspecified atom stereocenters. The van der Waals surface area contributed by atoms with Crippen LogP contribution in [0.2, 0.25) is 0 Å². The molecule has 0 saturated carbocycles. The van der Waals surface area contributed by atoms with Gasteiger partial charge in [0.1, 0.15) is 0 Å². The van der Waals surface area contributed by atoms with Crippen LogP contribution in [-0.2, 0) is 0 Å². The number of hydrogen-bond donors (Lipinski definition) is 3. The number of hydrazine groups is 1. The molecule has 0 aliphatic rings. The maximum Gasteiger partial charge on any atom is 0.242 e. The van der Waals surface area contributed by atoms with Crippen molar-refractivity contribution in [1.82, 2.24) is 15.0 Å². The highest BCUT2D eigenvalue weighted by molar-refractivity contribution is 5.42. The Hall–Kier alpha value is -1.69. The summed E-state index contributed by atoms with van der Waals surface area (Å²) < 4.78 is 0. The predicted octanol–water partition coefficient (Wildman–Crippen LogP) is -0.618. The molecule has 0 fully saturated rings. The Labute approximate surface area is 63.3 Å². The molecule has 0 bridgehead atoms. The van der Waals surface area contributed by atoms with E-state index in [4.69, 9.17) is 11.6 Å². The van der Waals surface area contributed by atoms with E-state index in [-0.39, 0.29) is 11.9 Å². The van der Waals surface area contributed by atoms with Crippen molar-refractivity contribution < 1.29 is 0 Å². The van der Waals surface area contributed by atoms with Gasteiger partial charge in [0, 0.05) is 0 Å². The second-order valence-electron chi connectivity index (χ2n) is 1.72. The number of aromatic nitrogens is 3. The molecular formula is C5H8N6. The average Bonchev–Trinajstić information content (AvgIpc) is 2.03. The number of rotatable bonds is 2. The van der Waals surface area contributed by atoms with Crippen molar-refractivity contribution in [3.8, 4) is 0 Å². The molecule has 0 aromatic carbocycles. The summed E-state index contributed by atoms with van der Waals surface area (Å²) in [6, 6.07) is 0. The van der Waals surface area contributed by atoms with Crippen molar-refractivity contribution in [3.63, 3.8) is 0 Å². The number of hydrogen-bond acceptors (Lipinski definition) is 6. The molecule has 0 aliphatic carbocycles. The van der Waals surface area contributed by atoms with Crippen LogP contribution in [0.4, 0.5) is 11.9 Å². The maximum atomic E-state index is 5.30. The van der Waals surface area contributed by atoms with E-state index in [9.17, 15) is 0 Å². The van der Waals surface area contributed by atoms with E-state index in [1.165, 1.54) is 6.08 Å². The lowest BCUT2D eigenvalue weighted by molar-refractivity contribution is 1.03. The van der Waals surface area contributed by atoms with Crippen LogP contribution in [0.3, 0.4) is 0 Å². The smallest absolute Gasteiger partial charge is 0.242 e. The molecule has 0 radical (unpaired) electrons. The zero-order valence-electron chi connectivity index (χ0n) is 5.78. The van der Waals surface area contributed by atoms with Gasteiger partial charge in [-0.15, -0.1) is 0 Å². The normalized spacial score (nSPS) is 9.18. The first-order valence-electron chi connectivity index (χ1n) is 2.87. The van der Waals surface area contributed by atoms with E-state index in [2.05, 4.69) is 27.0 Å². The maximum absolute atomic E-state index is 5.30. The van der Waals surface area contributed by atoms with Crippen LogP contribution in [0.1, 0.15) is 5.82 Å². The number of nitrogen functional groups attached to an aromatic ring is 2. The molecule has 6 nitrogen and oxygen atoms in total. The summed E-state index contributed by atoms with van der Waals surface area (Å²) in [7, 11) is 0. The van der Waals surface area contributed by atoms with Crippen molar-refractivity contribution in [2.24, 2.45) is 5.84 Å². The van der Waals surface area contributed by atoms with Gasteiger partial charge in [-0.25, -0.2) is 5.84 Å². The zero-order valence-corrected chi connectivity index (χ0v) is 5.78. The van der Waals surface area contributed by atoms with Gasteiger partial charge in [-0.1, -0.05) is 6.58 Å². The van der Waals surface area contributed by atoms with Crippen LogP contribution in [0.15, 0.2) is 6.58 Å². The second-order valence-corrected chi connectivity index (χ2v) is 1.72. The Bertz CT molecular complexity index is 270. The minimum absolute atomic E-state index is 0.114. The average molecular weight is 152 g/mol. The molecule has 6 heteroatoms. The molecule has 0 atom stereocenters. The minimum Gasteiger partial charge on any atom is -0.368 e. The lowest BCUT2D eigenvalue weighted by atomic mass is 10.6. The predicted molar refractivity (Wildman–Crippen MR) is 42.1 cm³/mol. The number of nitrogens with one attached hydrogen (secondary N) is 1. The SMILES string of the molecule is C=Cc1nc(N)nc(NN)n1. The topological polar surface area (TPSA) is 103 Å². The first-order valence-corrected chi connectivity index (χ1v) is 2.87. The molecule has 1 rings (SSSR count). The molecule has 0 amide bonds. The van der Waals surface area contributed by atoms with E-state index < -0.39 is 0 Å². The van der Waals surface area contributed by atoms with Crippen LogP contribution in [0, 0.1) is 0 Å². The molecule has 0 aliphatic heterocycles. The second kappa shape index (κ2) is 2.93. The largest absolute Gasteiger partial charge is 0.368 e. The van der Waals surface area contributed by atoms with Crippen molar-refractivity contribution in [2.45, 2.75) is 0 Å². The summed E-state index contributed by atoms with van der Waals surface area (Å²) in [5.74, 6) is 5.79. The van der Waals surface area contributed by atoms with Gasteiger partial charge in [0.2, 0.25) is 11.9 Å². The standard InChI is InChI=1S/C5H8N6/c1-2-3-8-4(6)10-5(9-3)11-7/h2H,1,7H2,(H3,6,8,9,10,11). The van der Waals surface area contributed by atoms with Crippen LogP contribution in [-0.4, -0.2) is 15.0 Å². The van der Waals surface area contributed by atoms with Gasteiger partial charge < -0.3 is 5.73 Å². The highest BCUT2D eigenvalue weighted by Crippen LogP contribution is 2.00. The lowest BCUT2D eigenvalue weighted by Gasteiger charge is -1.98. The lowest BCUT2D eigenvalue weighted by Crippen LogP contribution is -2.13. The summed E-state index contributed by atoms with van der Waals surface area (Å²) in [6.45, 7) is 3.47. The molecule has 11 heavy (non-hydrogen) atoms. The van der Waals surface area contributed by atoms with Gasteiger partial charge in [-0.05, 0) is 6.08 Å². The quantitative estimate of drug-likeness (QED) is 0.385. The summed E-state index contributed by atoms with van der Waals surface area (Å²) in [6.07, 6.45) is 1.46.